The molecule has 0 unspecified atom stereocenters. The standard InChI is InChI=1S/C17H13BrN2O3/c18-13-7-5-12(6-8-13)16(21)10-23-17(22)9-20-11-19-14-3-1-2-4-15(14)20/h1-8,11H,9-10H2. The Morgan fingerprint density at radius 1 is 1.09 bits per heavy atom. The summed E-state index contributed by atoms with van der Waals surface area (Å²) in [6, 6.07) is 14.4. The average molecular weight is 373 g/mol. The number of carbonyl (C=O) groups is 2. The number of fused-ring (bicyclic) bond motifs is 1. The van der Waals surface area contributed by atoms with Gasteiger partial charge in [-0.2, -0.15) is 0 Å². The summed E-state index contributed by atoms with van der Waals surface area (Å²) < 4.78 is 7.65. The molecule has 0 saturated heterocycles. The Hall–Kier alpha value is -2.47. The molecule has 23 heavy (non-hydrogen) atoms. The number of aromatic nitrogens is 2. The first kappa shape index (κ1) is 15.4. The Balaban J connectivity index is 1.59. The van der Waals surface area contributed by atoms with Gasteiger partial charge in [-0.25, -0.2) is 4.98 Å². The molecule has 0 N–H and O–H groups in total. The molecule has 0 amide bonds. The van der Waals surface area contributed by atoms with E-state index in [0.717, 1.165) is 15.5 Å². The second-order valence-corrected chi connectivity index (χ2v) is 5.87. The van der Waals surface area contributed by atoms with Crippen molar-refractivity contribution in [2.24, 2.45) is 0 Å². The van der Waals surface area contributed by atoms with E-state index in [1.54, 1.807) is 35.2 Å². The van der Waals surface area contributed by atoms with Gasteiger partial charge in [0.05, 0.1) is 17.4 Å². The molecule has 0 aliphatic heterocycles. The molecule has 0 saturated carbocycles. The zero-order valence-electron chi connectivity index (χ0n) is 12.1. The number of imidazole rings is 1. The fourth-order valence-corrected chi connectivity index (χ4v) is 2.45. The molecule has 6 heteroatoms. The lowest BCUT2D eigenvalue weighted by Crippen LogP contribution is -2.18. The Kier molecular flexibility index (Phi) is 4.52. The first-order chi connectivity index (χ1) is 11.1. The van der Waals surface area contributed by atoms with Crippen molar-refractivity contribution in [2.75, 3.05) is 6.61 Å². The van der Waals surface area contributed by atoms with E-state index in [2.05, 4.69) is 20.9 Å². The highest BCUT2D eigenvalue weighted by Gasteiger charge is 2.12. The van der Waals surface area contributed by atoms with Gasteiger partial charge in [0.1, 0.15) is 6.54 Å². The Bertz CT molecular complexity index is 856. The van der Waals surface area contributed by atoms with Crippen LogP contribution in [0.1, 0.15) is 10.4 Å². The second-order valence-electron chi connectivity index (χ2n) is 4.95. The molecule has 0 spiro atoms. The average Bonchev–Trinajstić information content (AvgIpc) is 2.96. The summed E-state index contributed by atoms with van der Waals surface area (Å²) in [6.45, 7) is -0.249. The number of hydrogen-bond donors (Lipinski definition) is 0. The molecular weight excluding hydrogens is 360 g/mol. The molecule has 0 atom stereocenters. The minimum Gasteiger partial charge on any atom is -0.456 e. The highest BCUT2D eigenvalue weighted by molar-refractivity contribution is 9.10. The minimum atomic E-state index is -0.474. The number of rotatable bonds is 5. The number of hydrogen-bond acceptors (Lipinski definition) is 4. The van der Waals surface area contributed by atoms with Gasteiger partial charge in [0.25, 0.3) is 0 Å². The van der Waals surface area contributed by atoms with Crippen LogP contribution in [0.5, 0.6) is 0 Å². The molecule has 0 bridgehead atoms. The van der Waals surface area contributed by atoms with E-state index < -0.39 is 5.97 Å². The predicted octanol–water partition coefficient (Wildman–Crippen LogP) is 3.22. The quantitative estimate of drug-likeness (QED) is 0.509. The van der Waals surface area contributed by atoms with Crippen molar-refractivity contribution in [3.05, 3.63) is 64.9 Å². The summed E-state index contributed by atoms with van der Waals surface area (Å²) in [5, 5.41) is 0. The third kappa shape index (κ3) is 3.65. The molecule has 116 valence electrons. The number of para-hydroxylation sites is 2. The van der Waals surface area contributed by atoms with Crippen LogP contribution in [-0.4, -0.2) is 27.9 Å². The van der Waals surface area contributed by atoms with Gasteiger partial charge in [-0.15, -0.1) is 0 Å². The van der Waals surface area contributed by atoms with Crippen LogP contribution < -0.4 is 0 Å². The van der Waals surface area contributed by atoms with Crippen molar-refractivity contribution in [3.8, 4) is 0 Å². The number of ether oxygens (including phenoxy) is 1. The second kappa shape index (κ2) is 6.75. The van der Waals surface area contributed by atoms with Crippen molar-refractivity contribution in [1.29, 1.82) is 0 Å². The number of esters is 1. The highest BCUT2D eigenvalue weighted by Crippen LogP contribution is 2.12. The van der Waals surface area contributed by atoms with E-state index >= 15 is 0 Å². The molecule has 1 heterocycles. The minimum absolute atomic E-state index is 0.0220. The van der Waals surface area contributed by atoms with Gasteiger partial charge in [-0.3, -0.25) is 9.59 Å². The third-order valence-corrected chi connectivity index (χ3v) is 3.89. The summed E-state index contributed by atoms with van der Waals surface area (Å²) >= 11 is 3.30. The Morgan fingerprint density at radius 2 is 1.83 bits per heavy atom. The number of Topliss-reactive ketones (excluding diaryl/α,β-unsaturated/α-hetero) is 1. The molecule has 2 aromatic carbocycles. The lowest BCUT2D eigenvalue weighted by molar-refractivity contribution is -0.143. The largest absolute Gasteiger partial charge is 0.456 e. The number of halogens is 1. The lowest BCUT2D eigenvalue weighted by atomic mass is 10.1. The Labute approximate surface area is 141 Å². The smallest absolute Gasteiger partial charge is 0.326 e. The SMILES string of the molecule is O=C(Cn1cnc2ccccc21)OCC(=O)c1ccc(Br)cc1. The van der Waals surface area contributed by atoms with E-state index in [1.807, 2.05) is 24.3 Å². The number of benzene rings is 2. The molecule has 0 aliphatic rings. The summed E-state index contributed by atoms with van der Waals surface area (Å²) in [4.78, 5) is 28.1. The first-order valence-corrected chi connectivity index (χ1v) is 7.77. The van der Waals surface area contributed by atoms with E-state index in [9.17, 15) is 9.59 Å². The maximum Gasteiger partial charge on any atom is 0.326 e. The maximum absolute atomic E-state index is 12.0. The third-order valence-electron chi connectivity index (χ3n) is 3.36. The lowest BCUT2D eigenvalue weighted by Gasteiger charge is -2.06. The molecule has 0 fully saturated rings. The molecule has 1 aromatic heterocycles. The normalized spacial score (nSPS) is 10.7. The fourth-order valence-electron chi connectivity index (χ4n) is 2.19. The van der Waals surface area contributed by atoms with E-state index in [4.69, 9.17) is 4.74 Å². The van der Waals surface area contributed by atoms with Crippen LogP contribution in [0.15, 0.2) is 59.3 Å². The van der Waals surface area contributed by atoms with Gasteiger partial charge in [0, 0.05) is 10.0 Å². The zero-order chi connectivity index (χ0) is 16.2. The van der Waals surface area contributed by atoms with Crippen LogP contribution in [0.4, 0.5) is 0 Å². The van der Waals surface area contributed by atoms with Crippen LogP contribution in [0.3, 0.4) is 0 Å². The number of carbonyl (C=O) groups excluding carboxylic acids is 2. The molecule has 0 radical (unpaired) electrons. The van der Waals surface area contributed by atoms with Gasteiger partial charge in [0.2, 0.25) is 0 Å². The molecular formula is C17H13BrN2O3. The monoisotopic (exact) mass is 372 g/mol. The van der Waals surface area contributed by atoms with Gasteiger partial charge < -0.3 is 9.30 Å². The van der Waals surface area contributed by atoms with E-state index in [-0.39, 0.29) is 18.9 Å². The Morgan fingerprint density at radius 3 is 2.61 bits per heavy atom. The summed E-state index contributed by atoms with van der Waals surface area (Å²) in [5.74, 6) is -0.708. The van der Waals surface area contributed by atoms with Crippen LogP contribution in [0.2, 0.25) is 0 Å². The van der Waals surface area contributed by atoms with Gasteiger partial charge in [-0.05, 0) is 24.3 Å². The van der Waals surface area contributed by atoms with Crippen LogP contribution in [0, 0.1) is 0 Å². The molecule has 5 nitrogen and oxygen atoms in total. The zero-order valence-corrected chi connectivity index (χ0v) is 13.7. The molecule has 0 aliphatic carbocycles. The van der Waals surface area contributed by atoms with Crippen LogP contribution >= 0.6 is 15.9 Å². The van der Waals surface area contributed by atoms with E-state index in [0.29, 0.717) is 5.56 Å². The summed E-state index contributed by atoms with van der Waals surface area (Å²) in [7, 11) is 0. The fraction of sp³-hybridized carbons (Fsp3) is 0.118. The molecule has 3 rings (SSSR count). The highest BCUT2D eigenvalue weighted by atomic mass is 79.9. The number of ketones is 1. The molecule has 3 aromatic rings. The van der Waals surface area contributed by atoms with Gasteiger partial charge >= 0.3 is 5.97 Å². The van der Waals surface area contributed by atoms with Crippen molar-refractivity contribution in [2.45, 2.75) is 6.54 Å². The van der Waals surface area contributed by atoms with Crippen LogP contribution in [0.25, 0.3) is 11.0 Å². The van der Waals surface area contributed by atoms with Gasteiger partial charge in [0.15, 0.2) is 12.4 Å². The van der Waals surface area contributed by atoms with Crippen molar-refractivity contribution < 1.29 is 14.3 Å². The van der Waals surface area contributed by atoms with Crippen molar-refractivity contribution in [3.63, 3.8) is 0 Å². The maximum atomic E-state index is 12.0. The van der Waals surface area contributed by atoms with Gasteiger partial charge in [-0.1, -0.05) is 40.2 Å². The number of nitrogens with zero attached hydrogens (tertiary/aromatic N) is 2. The summed E-state index contributed by atoms with van der Waals surface area (Å²) in [6.07, 6.45) is 1.59. The topological polar surface area (TPSA) is 61.2 Å². The van der Waals surface area contributed by atoms with Crippen molar-refractivity contribution in [1.82, 2.24) is 9.55 Å². The first-order valence-electron chi connectivity index (χ1n) is 6.98. The van der Waals surface area contributed by atoms with Crippen LogP contribution in [-0.2, 0) is 16.1 Å². The predicted molar refractivity (Wildman–Crippen MR) is 89.2 cm³/mol. The summed E-state index contributed by atoms with van der Waals surface area (Å²) in [5.41, 5.74) is 2.17. The van der Waals surface area contributed by atoms with E-state index in [1.165, 1.54) is 0 Å². The van der Waals surface area contributed by atoms with Crippen molar-refractivity contribution >= 4 is 38.7 Å².